The van der Waals surface area contributed by atoms with E-state index < -0.39 is 28.1 Å². The van der Waals surface area contributed by atoms with Crippen LogP contribution >= 0.6 is 0 Å². The Bertz CT molecular complexity index is 560. The minimum atomic E-state index is -3.56. The summed E-state index contributed by atoms with van der Waals surface area (Å²) < 4.78 is 24.7. The number of aromatic nitrogens is 1. The minimum absolute atomic E-state index is 0.175. The first-order chi connectivity index (χ1) is 7.29. The predicted molar refractivity (Wildman–Crippen MR) is 56.8 cm³/mol. The third kappa shape index (κ3) is 3.39. The van der Waals surface area contributed by atoms with E-state index in [1.165, 1.54) is 18.3 Å². The number of nitrogens with one attached hydrogen (secondary N) is 1. The average molecular weight is 246 g/mol. The van der Waals surface area contributed by atoms with Gasteiger partial charge in [-0.05, 0) is 12.1 Å². The summed E-state index contributed by atoms with van der Waals surface area (Å²) in [5, 5.41) is 8.52. The molecular weight excluding hydrogens is 236 g/mol. The Morgan fingerprint density at radius 1 is 1.56 bits per heavy atom. The van der Waals surface area contributed by atoms with E-state index >= 15 is 0 Å². The number of carboxylic acid groups (broad SMARTS) is 1. The van der Waals surface area contributed by atoms with Gasteiger partial charge >= 0.3 is 5.97 Å². The Hall–Kier alpha value is -1.83. The first-order valence-corrected chi connectivity index (χ1v) is 6.08. The van der Waals surface area contributed by atoms with Gasteiger partial charge in [0.15, 0.2) is 0 Å². The van der Waals surface area contributed by atoms with Crippen LogP contribution in [0.1, 0.15) is 0 Å². The van der Waals surface area contributed by atoms with Crippen molar-refractivity contribution in [2.75, 3.05) is 11.0 Å². The molecule has 16 heavy (non-hydrogen) atoms. The summed E-state index contributed by atoms with van der Waals surface area (Å²) in [6, 6.07) is 2.65. The van der Waals surface area contributed by atoms with Crippen molar-refractivity contribution in [3.8, 4) is 0 Å². The van der Waals surface area contributed by atoms with Crippen LogP contribution in [0.4, 0.5) is 5.69 Å². The summed E-state index contributed by atoms with van der Waals surface area (Å²) in [4.78, 5) is 22.0. The maximum Gasteiger partial charge on any atom is 0.323 e. The Morgan fingerprint density at radius 2 is 2.19 bits per heavy atom. The van der Waals surface area contributed by atoms with E-state index in [4.69, 9.17) is 5.11 Å². The fourth-order valence-corrected chi connectivity index (χ4v) is 1.64. The number of sulfonamides is 1. The van der Waals surface area contributed by atoms with Crippen molar-refractivity contribution < 1.29 is 18.3 Å². The molecule has 2 N–H and O–H groups in total. The fourth-order valence-electron chi connectivity index (χ4n) is 1.08. The highest BCUT2D eigenvalue weighted by Crippen LogP contribution is 2.00. The van der Waals surface area contributed by atoms with Gasteiger partial charge in [-0.3, -0.25) is 14.3 Å². The number of pyridine rings is 1. The van der Waals surface area contributed by atoms with Crippen molar-refractivity contribution in [3.05, 3.63) is 28.7 Å². The van der Waals surface area contributed by atoms with E-state index in [-0.39, 0.29) is 5.69 Å². The maximum atomic E-state index is 11.6. The highest BCUT2D eigenvalue weighted by atomic mass is 32.2. The molecule has 1 heterocycles. The molecule has 0 saturated heterocycles. The fraction of sp³-hybridized carbons (Fsp3) is 0.250. The Labute approximate surface area is 91.4 Å². The molecule has 1 aromatic heterocycles. The van der Waals surface area contributed by atoms with Gasteiger partial charge in [0.25, 0.3) is 5.56 Å². The third-order valence-corrected chi connectivity index (χ3v) is 2.21. The predicted octanol–water partition coefficient (Wildman–Crippen LogP) is -0.696. The smallest absolute Gasteiger partial charge is 0.323 e. The summed E-state index contributed by atoms with van der Waals surface area (Å²) in [5.41, 5.74) is -0.874. The Morgan fingerprint density at radius 3 is 2.69 bits per heavy atom. The zero-order chi connectivity index (χ0) is 12.3. The van der Waals surface area contributed by atoms with Gasteiger partial charge in [0.1, 0.15) is 12.2 Å². The summed E-state index contributed by atoms with van der Waals surface area (Å²) in [7, 11) is -3.56. The van der Waals surface area contributed by atoms with Crippen LogP contribution in [0.5, 0.6) is 0 Å². The number of hydrogen-bond donors (Lipinski definition) is 2. The van der Waals surface area contributed by atoms with E-state index in [1.807, 2.05) is 4.72 Å². The van der Waals surface area contributed by atoms with Crippen LogP contribution in [0.2, 0.25) is 0 Å². The summed E-state index contributed by atoms with van der Waals surface area (Å²) in [6.45, 7) is -0.516. The van der Waals surface area contributed by atoms with E-state index in [2.05, 4.69) is 0 Å². The number of carboxylic acids is 1. The van der Waals surface area contributed by atoms with E-state index in [0.717, 1.165) is 10.8 Å². The molecule has 0 atom stereocenters. The van der Waals surface area contributed by atoms with Crippen LogP contribution in [0.15, 0.2) is 23.1 Å². The molecule has 1 rings (SSSR count). The van der Waals surface area contributed by atoms with Crippen molar-refractivity contribution in [2.45, 2.75) is 6.54 Å². The molecule has 1 aromatic rings. The van der Waals surface area contributed by atoms with Gasteiger partial charge < -0.3 is 9.67 Å². The van der Waals surface area contributed by atoms with E-state index in [0.29, 0.717) is 0 Å². The van der Waals surface area contributed by atoms with Gasteiger partial charge in [-0.25, -0.2) is 8.42 Å². The second-order valence-corrected chi connectivity index (χ2v) is 4.87. The summed E-state index contributed by atoms with van der Waals surface area (Å²) in [6.07, 6.45) is 2.17. The van der Waals surface area contributed by atoms with Crippen LogP contribution in [-0.4, -0.2) is 30.3 Å². The molecule has 7 nitrogen and oxygen atoms in total. The van der Waals surface area contributed by atoms with Crippen molar-refractivity contribution in [1.29, 1.82) is 0 Å². The zero-order valence-electron chi connectivity index (χ0n) is 8.37. The molecule has 0 unspecified atom stereocenters. The van der Waals surface area contributed by atoms with Crippen LogP contribution in [0, 0.1) is 0 Å². The Kier molecular flexibility index (Phi) is 3.33. The molecule has 0 aliphatic rings. The van der Waals surface area contributed by atoms with Gasteiger partial charge in [-0.1, -0.05) is 0 Å². The zero-order valence-corrected chi connectivity index (χ0v) is 9.19. The standard InChI is InChI=1S/C8H10N2O5S/c1-16(14,15)9-6-3-2-4-10(8(6)13)5-7(11)12/h2-4,9H,5H2,1H3,(H,11,12). The number of nitrogens with zero attached hydrogens (tertiary/aromatic N) is 1. The lowest BCUT2D eigenvalue weighted by Gasteiger charge is -2.06. The second-order valence-electron chi connectivity index (χ2n) is 3.12. The molecule has 8 heteroatoms. The third-order valence-electron chi connectivity index (χ3n) is 1.62. The number of anilines is 1. The van der Waals surface area contributed by atoms with Crippen LogP contribution in [0.25, 0.3) is 0 Å². The molecule has 0 aliphatic heterocycles. The lowest BCUT2D eigenvalue weighted by molar-refractivity contribution is -0.137. The Balaban J connectivity index is 3.14. The largest absolute Gasteiger partial charge is 0.480 e. The van der Waals surface area contributed by atoms with E-state index in [9.17, 15) is 18.0 Å². The van der Waals surface area contributed by atoms with Gasteiger partial charge in [-0.2, -0.15) is 0 Å². The maximum absolute atomic E-state index is 11.6. The molecule has 0 saturated carbocycles. The SMILES string of the molecule is CS(=O)(=O)Nc1cccn(CC(=O)O)c1=O. The van der Waals surface area contributed by atoms with Crippen LogP contribution in [-0.2, 0) is 21.4 Å². The first kappa shape index (κ1) is 12.2. The number of carbonyl (C=O) groups is 1. The highest BCUT2D eigenvalue weighted by Gasteiger charge is 2.09. The monoisotopic (exact) mass is 246 g/mol. The molecule has 0 radical (unpaired) electrons. The van der Waals surface area contributed by atoms with Crippen molar-refractivity contribution in [3.63, 3.8) is 0 Å². The molecule has 0 fully saturated rings. The summed E-state index contributed by atoms with van der Waals surface area (Å²) >= 11 is 0. The molecule has 0 bridgehead atoms. The van der Waals surface area contributed by atoms with Gasteiger partial charge in [-0.15, -0.1) is 0 Å². The lowest BCUT2D eigenvalue weighted by atomic mass is 10.4. The quantitative estimate of drug-likeness (QED) is 0.731. The van der Waals surface area contributed by atoms with Crippen LogP contribution in [0.3, 0.4) is 0 Å². The topological polar surface area (TPSA) is 105 Å². The molecule has 0 aromatic carbocycles. The van der Waals surface area contributed by atoms with Crippen molar-refractivity contribution >= 4 is 21.7 Å². The van der Waals surface area contributed by atoms with Crippen LogP contribution < -0.4 is 10.3 Å². The normalized spacial score (nSPS) is 11.1. The number of aliphatic carboxylic acids is 1. The van der Waals surface area contributed by atoms with E-state index in [1.54, 1.807) is 0 Å². The van der Waals surface area contributed by atoms with Crippen molar-refractivity contribution in [1.82, 2.24) is 4.57 Å². The van der Waals surface area contributed by atoms with Gasteiger partial charge in [0.05, 0.1) is 6.26 Å². The second kappa shape index (κ2) is 4.35. The van der Waals surface area contributed by atoms with Gasteiger partial charge in [0.2, 0.25) is 10.0 Å². The molecule has 0 aliphatic carbocycles. The first-order valence-electron chi connectivity index (χ1n) is 4.18. The molecule has 0 spiro atoms. The molecule has 0 amide bonds. The van der Waals surface area contributed by atoms with Crippen molar-refractivity contribution in [2.24, 2.45) is 0 Å². The molecule has 88 valence electrons. The van der Waals surface area contributed by atoms with Gasteiger partial charge in [0, 0.05) is 6.20 Å². The number of rotatable bonds is 4. The number of hydrogen-bond acceptors (Lipinski definition) is 4. The lowest BCUT2D eigenvalue weighted by Crippen LogP contribution is -2.27. The average Bonchev–Trinajstić information content (AvgIpc) is 2.09. The molecular formula is C8H10N2O5S. The summed E-state index contributed by atoms with van der Waals surface area (Å²) in [5.74, 6) is -1.18. The highest BCUT2D eigenvalue weighted by molar-refractivity contribution is 7.92. The minimum Gasteiger partial charge on any atom is -0.480 e.